The fraction of sp³-hybridized carbons (Fsp3) is 0.500. The van der Waals surface area contributed by atoms with Crippen molar-refractivity contribution in [2.75, 3.05) is 0 Å². The molecule has 1 heterocycles. The highest BCUT2D eigenvalue weighted by Gasteiger charge is 2.24. The lowest BCUT2D eigenvalue weighted by atomic mass is 10.0. The molecule has 0 aliphatic carbocycles. The Labute approximate surface area is 129 Å². The van der Waals surface area contributed by atoms with Crippen LogP contribution in [0.25, 0.3) is 10.2 Å². The molecule has 0 saturated heterocycles. The van der Waals surface area contributed by atoms with Crippen LogP contribution >= 0.6 is 11.3 Å². The molecular weight excluding hydrogens is 284 g/mol. The minimum atomic E-state index is -0.778. The zero-order valence-electron chi connectivity index (χ0n) is 12.7. The number of aromatic nitrogens is 1. The maximum Gasteiger partial charge on any atom is 0.320 e. The van der Waals surface area contributed by atoms with Gasteiger partial charge in [-0.1, -0.05) is 32.4 Å². The molecule has 3 atom stereocenters. The molecule has 0 fully saturated rings. The summed E-state index contributed by atoms with van der Waals surface area (Å²) >= 11 is 1.68. The summed E-state index contributed by atoms with van der Waals surface area (Å²) in [6.07, 6.45) is 1.50. The van der Waals surface area contributed by atoms with Crippen molar-refractivity contribution in [3.05, 3.63) is 29.3 Å². The first kappa shape index (κ1) is 15.9. The monoisotopic (exact) mass is 306 g/mol. The number of nitrogens with one attached hydrogen (secondary N) is 1. The highest BCUT2D eigenvalue weighted by atomic mass is 32.1. The SMILES string of the molecule is CCCC(NC(C)C(C)c1nc2ccccc2s1)C(=O)O. The molecule has 114 valence electrons. The molecule has 2 rings (SSSR count). The number of para-hydroxylation sites is 1. The normalized spacial score (nSPS) is 15.8. The predicted molar refractivity (Wildman–Crippen MR) is 87.0 cm³/mol. The lowest BCUT2D eigenvalue weighted by molar-refractivity contribution is -0.139. The smallest absolute Gasteiger partial charge is 0.320 e. The first-order valence-electron chi connectivity index (χ1n) is 7.37. The number of benzene rings is 1. The summed E-state index contributed by atoms with van der Waals surface area (Å²) in [6.45, 7) is 6.13. The van der Waals surface area contributed by atoms with Gasteiger partial charge in [0.2, 0.25) is 0 Å². The lowest BCUT2D eigenvalue weighted by Crippen LogP contribution is -2.44. The number of hydrogen-bond acceptors (Lipinski definition) is 4. The van der Waals surface area contributed by atoms with Crippen molar-refractivity contribution in [2.45, 2.75) is 51.6 Å². The summed E-state index contributed by atoms with van der Waals surface area (Å²) in [5, 5.41) is 13.5. The molecule has 1 aromatic heterocycles. The molecule has 3 unspecified atom stereocenters. The van der Waals surface area contributed by atoms with Crippen LogP contribution in [0.15, 0.2) is 24.3 Å². The zero-order chi connectivity index (χ0) is 15.4. The van der Waals surface area contributed by atoms with E-state index in [1.54, 1.807) is 11.3 Å². The van der Waals surface area contributed by atoms with Gasteiger partial charge in [0.15, 0.2) is 0 Å². The van der Waals surface area contributed by atoms with Crippen LogP contribution in [0.3, 0.4) is 0 Å². The Bertz CT molecular complexity index is 578. The van der Waals surface area contributed by atoms with Crippen LogP contribution in [0, 0.1) is 0 Å². The average molecular weight is 306 g/mol. The molecule has 4 nitrogen and oxygen atoms in total. The molecule has 0 radical (unpaired) electrons. The topological polar surface area (TPSA) is 62.2 Å². The van der Waals surface area contributed by atoms with Crippen molar-refractivity contribution in [1.29, 1.82) is 0 Å². The third kappa shape index (κ3) is 3.80. The Balaban J connectivity index is 2.10. The molecular formula is C16H22N2O2S. The number of aliphatic carboxylic acids is 1. The van der Waals surface area contributed by atoms with Gasteiger partial charge in [0.25, 0.3) is 0 Å². The summed E-state index contributed by atoms with van der Waals surface area (Å²) in [7, 11) is 0. The Morgan fingerprint density at radius 2 is 2.10 bits per heavy atom. The minimum absolute atomic E-state index is 0.0678. The summed E-state index contributed by atoms with van der Waals surface area (Å²) in [6, 6.07) is 7.66. The van der Waals surface area contributed by atoms with E-state index in [2.05, 4.69) is 23.3 Å². The fourth-order valence-electron chi connectivity index (χ4n) is 2.33. The summed E-state index contributed by atoms with van der Waals surface area (Å²) in [4.78, 5) is 15.9. The molecule has 0 aliphatic rings. The van der Waals surface area contributed by atoms with Crippen LogP contribution in [-0.4, -0.2) is 28.1 Å². The van der Waals surface area contributed by atoms with Crippen LogP contribution < -0.4 is 5.32 Å². The van der Waals surface area contributed by atoms with Crippen molar-refractivity contribution >= 4 is 27.5 Å². The van der Waals surface area contributed by atoms with Crippen molar-refractivity contribution in [3.8, 4) is 0 Å². The van der Waals surface area contributed by atoms with E-state index >= 15 is 0 Å². The van der Waals surface area contributed by atoms with Gasteiger partial charge in [0, 0.05) is 12.0 Å². The van der Waals surface area contributed by atoms with Gasteiger partial charge in [-0.2, -0.15) is 0 Å². The number of nitrogens with zero attached hydrogens (tertiary/aromatic N) is 1. The molecule has 5 heteroatoms. The Hall–Kier alpha value is -1.46. The van der Waals surface area contributed by atoms with Gasteiger partial charge in [-0.05, 0) is 25.5 Å². The molecule has 1 aromatic carbocycles. The second-order valence-corrected chi connectivity index (χ2v) is 6.51. The minimum Gasteiger partial charge on any atom is -0.480 e. The summed E-state index contributed by atoms with van der Waals surface area (Å²) < 4.78 is 1.18. The van der Waals surface area contributed by atoms with Crippen molar-refractivity contribution in [1.82, 2.24) is 10.3 Å². The first-order chi connectivity index (χ1) is 10.0. The van der Waals surface area contributed by atoms with Crippen LogP contribution in [0.2, 0.25) is 0 Å². The van der Waals surface area contributed by atoms with E-state index in [0.717, 1.165) is 16.9 Å². The van der Waals surface area contributed by atoms with Gasteiger partial charge in [-0.15, -0.1) is 11.3 Å². The van der Waals surface area contributed by atoms with E-state index in [1.807, 2.05) is 32.0 Å². The number of thiazole rings is 1. The van der Waals surface area contributed by atoms with Gasteiger partial charge in [0.1, 0.15) is 6.04 Å². The average Bonchev–Trinajstić information content (AvgIpc) is 2.89. The summed E-state index contributed by atoms with van der Waals surface area (Å²) in [5.74, 6) is -0.596. The maximum atomic E-state index is 11.2. The molecule has 0 bridgehead atoms. The van der Waals surface area contributed by atoms with E-state index in [0.29, 0.717) is 6.42 Å². The maximum absolute atomic E-state index is 11.2. The van der Waals surface area contributed by atoms with Crippen LogP contribution in [-0.2, 0) is 4.79 Å². The lowest BCUT2D eigenvalue weighted by Gasteiger charge is -2.23. The highest BCUT2D eigenvalue weighted by Crippen LogP contribution is 2.29. The molecule has 21 heavy (non-hydrogen) atoms. The second-order valence-electron chi connectivity index (χ2n) is 5.44. The van der Waals surface area contributed by atoms with Gasteiger partial charge >= 0.3 is 5.97 Å². The third-order valence-corrected chi connectivity index (χ3v) is 5.03. The van der Waals surface area contributed by atoms with Crippen LogP contribution in [0.1, 0.15) is 44.5 Å². The highest BCUT2D eigenvalue weighted by molar-refractivity contribution is 7.18. The number of fused-ring (bicyclic) bond motifs is 1. The van der Waals surface area contributed by atoms with E-state index < -0.39 is 12.0 Å². The second kappa shape index (κ2) is 7.00. The zero-order valence-corrected chi connectivity index (χ0v) is 13.5. The van der Waals surface area contributed by atoms with E-state index in [9.17, 15) is 9.90 Å². The van der Waals surface area contributed by atoms with Gasteiger partial charge in [-0.3, -0.25) is 4.79 Å². The summed E-state index contributed by atoms with van der Waals surface area (Å²) in [5.41, 5.74) is 1.01. The Kier molecular flexibility index (Phi) is 5.31. The van der Waals surface area contributed by atoms with E-state index in [4.69, 9.17) is 0 Å². The van der Waals surface area contributed by atoms with Crippen molar-refractivity contribution in [3.63, 3.8) is 0 Å². The van der Waals surface area contributed by atoms with Crippen molar-refractivity contribution < 1.29 is 9.90 Å². The number of rotatable bonds is 7. The molecule has 0 amide bonds. The molecule has 0 spiro atoms. The van der Waals surface area contributed by atoms with Gasteiger partial charge < -0.3 is 10.4 Å². The molecule has 2 aromatic rings. The predicted octanol–water partition coefficient (Wildman–Crippen LogP) is 3.63. The Morgan fingerprint density at radius 1 is 1.38 bits per heavy atom. The van der Waals surface area contributed by atoms with E-state index in [-0.39, 0.29) is 12.0 Å². The number of hydrogen-bond donors (Lipinski definition) is 2. The van der Waals surface area contributed by atoms with Crippen LogP contribution in [0.5, 0.6) is 0 Å². The van der Waals surface area contributed by atoms with Gasteiger partial charge in [-0.25, -0.2) is 4.98 Å². The number of carbonyl (C=O) groups is 1. The molecule has 2 N–H and O–H groups in total. The largest absolute Gasteiger partial charge is 0.480 e. The molecule has 0 saturated carbocycles. The van der Waals surface area contributed by atoms with E-state index in [1.165, 1.54) is 4.70 Å². The third-order valence-electron chi connectivity index (χ3n) is 3.79. The molecule has 0 aliphatic heterocycles. The number of carboxylic acids is 1. The van der Waals surface area contributed by atoms with Crippen LogP contribution in [0.4, 0.5) is 0 Å². The Morgan fingerprint density at radius 3 is 2.71 bits per heavy atom. The van der Waals surface area contributed by atoms with Gasteiger partial charge in [0.05, 0.1) is 15.2 Å². The first-order valence-corrected chi connectivity index (χ1v) is 8.19. The standard InChI is InChI=1S/C16H22N2O2S/c1-4-7-13(16(19)20)17-11(3)10(2)15-18-12-8-5-6-9-14(12)21-15/h5-6,8-11,13,17H,4,7H2,1-3H3,(H,19,20). The quantitative estimate of drug-likeness (QED) is 0.820. The van der Waals surface area contributed by atoms with Crippen molar-refractivity contribution in [2.24, 2.45) is 0 Å². The fourth-order valence-corrected chi connectivity index (χ4v) is 3.45. The number of carboxylic acid groups (broad SMARTS) is 1.